The predicted octanol–water partition coefficient (Wildman–Crippen LogP) is -3.03. The molecule has 0 saturated carbocycles. The zero-order valence-corrected chi connectivity index (χ0v) is 14.7. The Bertz CT molecular complexity index is 818. The summed E-state index contributed by atoms with van der Waals surface area (Å²) in [5.74, 6) is -0.577. The number of carbonyl (C=O) groups excluding carboxylic acids is 1. The van der Waals surface area contributed by atoms with Crippen LogP contribution in [0.3, 0.4) is 0 Å². The molecule has 25 heavy (non-hydrogen) atoms. The number of ether oxygens (including phenoxy) is 1. The summed E-state index contributed by atoms with van der Waals surface area (Å²) in [4.78, 5) is 24.5. The molecule has 5 N–H and O–H groups in total. The molecule has 2 aromatic rings. The van der Waals surface area contributed by atoms with Crippen LogP contribution in [-0.4, -0.2) is 81.9 Å². The van der Waals surface area contributed by atoms with Gasteiger partial charge in [-0.25, -0.2) is 0 Å². The van der Waals surface area contributed by atoms with Gasteiger partial charge in [0.15, 0.2) is 0 Å². The van der Waals surface area contributed by atoms with Crippen LogP contribution >= 0.6 is 0 Å². The van der Waals surface area contributed by atoms with Crippen molar-refractivity contribution in [2.75, 3.05) is 6.61 Å². The number of aliphatic hydroxyl groups is 4. The summed E-state index contributed by atoms with van der Waals surface area (Å²) in [6.07, 6.45) is -7.02. The molecule has 1 amide bonds. The van der Waals surface area contributed by atoms with Gasteiger partial charge < -0.3 is 0 Å². The molecule has 5 unspecified atom stereocenters. The van der Waals surface area contributed by atoms with E-state index in [9.17, 15) is 24.9 Å². The van der Waals surface area contributed by atoms with Crippen LogP contribution in [-0.2, 0) is 16.1 Å². The molecule has 1 saturated heterocycles. The van der Waals surface area contributed by atoms with Gasteiger partial charge in [0.25, 0.3) is 0 Å². The van der Waals surface area contributed by atoms with E-state index in [1.807, 2.05) is 12.1 Å². The summed E-state index contributed by atoms with van der Waals surface area (Å²) in [7, 11) is 0. The molecule has 1 aromatic heterocycles. The molecule has 0 aliphatic carbocycles. The van der Waals surface area contributed by atoms with E-state index in [0.29, 0.717) is 5.39 Å². The van der Waals surface area contributed by atoms with E-state index in [-0.39, 0.29) is 26.8 Å². The van der Waals surface area contributed by atoms with E-state index in [4.69, 9.17) is 9.84 Å². The number of aliphatic hydroxyl groups excluding tert-OH is 4. The third-order valence-electron chi connectivity index (χ3n) is 4.04. The number of fused-ring (bicyclic) bond motifs is 1. The molecule has 1 fully saturated rings. The first-order chi connectivity index (χ1) is 11.9. The minimum absolute atomic E-state index is 0.220. The van der Waals surface area contributed by atoms with E-state index >= 15 is 0 Å². The molecule has 9 nitrogen and oxygen atoms in total. The Balaban J connectivity index is 1.71. The number of hydrogen-bond donors (Lipinski definition) is 5. The molecule has 0 bridgehead atoms. The Hall–Kier alpha value is -1.52. The van der Waals surface area contributed by atoms with E-state index < -0.39 is 43.2 Å². The van der Waals surface area contributed by atoms with E-state index in [1.165, 1.54) is 3.56 Å². The Labute approximate surface area is 148 Å². The van der Waals surface area contributed by atoms with Gasteiger partial charge in [0.2, 0.25) is 0 Å². The van der Waals surface area contributed by atoms with Crippen LogP contribution < -0.4 is 10.9 Å². The average molecular weight is 417 g/mol. The third kappa shape index (κ3) is 3.56. The number of hydrogen-bond acceptors (Lipinski definition) is 7. The first-order valence-electron chi connectivity index (χ1n) is 7.61. The van der Waals surface area contributed by atoms with Gasteiger partial charge in [0.1, 0.15) is 0 Å². The second kappa shape index (κ2) is 7.38. The molecule has 2 heterocycles. The number of carbonyl (C=O) groups is 1. The number of aromatic nitrogens is 1. The summed E-state index contributed by atoms with van der Waals surface area (Å²) < 4.78 is 7.52. The van der Waals surface area contributed by atoms with Gasteiger partial charge in [0.05, 0.1) is 0 Å². The molecule has 1 aliphatic heterocycles. The molecule has 1 aromatic carbocycles. The summed E-state index contributed by atoms with van der Waals surface area (Å²) in [6.45, 7) is -0.803. The van der Waals surface area contributed by atoms with Gasteiger partial charge >= 0.3 is 148 Å². The summed E-state index contributed by atoms with van der Waals surface area (Å²) in [5.41, 5.74) is -0.237. The minimum atomic E-state index is -1.57. The van der Waals surface area contributed by atoms with Crippen LogP contribution in [0.1, 0.15) is 0 Å². The van der Waals surface area contributed by atoms with Crippen LogP contribution in [0.15, 0.2) is 29.1 Å². The molecule has 1 aliphatic rings. The fourth-order valence-corrected chi connectivity index (χ4v) is 4.76. The van der Waals surface area contributed by atoms with Crippen LogP contribution in [0.4, 0.5) is 0 Å². The van der Waals surface area contributed by atoms with Crippen molar-refractivity contribution in [1.29, 1.82) is 0 Å². The Morgan fingerprint density at radius 3 is 2.60 bits per heavy atom. The number of benzene rings is 1. The fraction of sp³-hybridized carbons (Fsp3) is 0.467. The first kappa shape index (κ1) is 18.3. The second-order valence-electron chi connectivity index (χ2n) is 5.75. The second-order valence-corrected chi connectivity index (χ2v) is 7.98. The van der Waals surface area contributed by atoms with Crippen LogP contribution in [0.25, 0.3) is 9.65 Å². The average Bonchev–Trinajstić information content (AvgIpc) is 2.91. The number of nitrogens with one attached hydrogen (secondary N) is 1. The van der Waals surface area contributed by atoms with E-state index in [1.54, 1.807) is 12.1 Å². The molecule has 5 atom stereocenters. The van der Waals surface area contributed by atoms with Crippen molar-refractivity contribution in [2.24, 2.45) is 0 Å². The quantitative estimate of drug-likeness (QED) is 0.334. The standard InChI is InChI=1S/C15H18N2O7Se/c18-6-8-11(20)12(21)13(22)14(24-8)16-10(19)5-17-15(23)7-3-1-2-4-9(7)25-17/h1-4,8,11-14,18,20-22H,5-6H2,(H,16,19). The Morgan fingerprint density at radius 1 is 1.20 bits per heavy atom. The van der Waals surface area contributed by atoms with E-state index in [0.717, 1.165) is 4.26 Å². The topological polar surface area (TPSA) is 141 Å². The first-order valence-corrected chi connectivity index (χ1v) is 9.23. The van der Waals surface area contributed by atoms with Crippen molar-refractivity contribution < 1.29 is 30.0 Å². The maximum atomic E-state index is 12.3. The van der Waals surface area contributed by atoms with Crippen molar-refractivity contribution in [1.82, 2.24) is 8.88 Å². The van der Waals surface area contributed by atoms with Gasteiger partial charge in [-0.05, 0) is 0 Å². The summed E-state index contributed by atoms with van der Waals surface area (Å²) >= 11 is -0.319. The SMILES string of the molecule is O=C(Cn1[se]c2ccccc2c1=O)NC1OC(CO)C(O)C(O)C1O. The van der Waals surface area contributed by atoms with Gasteiger partial charge in [0, 0.05) is 0 Å². The van der Waals surface area contributed by atoms with Crippen LogP contribution in [0, 0.1) is 0 Å². The van der Waals surface area contributed by atoms with Crippen molar-refractivity contribution in [3.8, 4) is 0 Å². The van der Waals surface area contributed by atoms with Crippen LogP contribution in [0.2, 0.25) is 0 Å². The maximum absolute atomic E-state index is 12.3. The molecular formula is C15H18N2O7Se. The molecule has 3 rings (SSSR count). The number of nitrogens with zero attached hydrogens (tertiary/aromatic N) is 1. The number of amides is 1. The molecule has 136 valence electrons. The Kier molecular flexibility index (Phi) is 5.40. The van der Waals surface area contributed by atoms with Gasteiger partial charge in [-0.1, -0.05) is 0 Å². The van der Waals surface area contributed by atoms with Crippen molar-refractivity contribution in [3.05, 3.63) is 34.6 Å². The normalized spacial score (nSPS) is 29.7. The molecule has 0 radical (unpaired) electrons. The number of rotatable bonds is 4. The van der Waals surface area contributed by atoms with Crippen molar-refractivity contribution in [3.63, 3.8) is 0 Å². The van der Waals surface area contributed by atoms with E-state index in [2.05, 4.69) is 5.32 Å². The molecule has 0 spiro atoms. The summed E-state index contributed by atoms with van der Waals surface area (Å²) in [6, 6.07) is 7.12. The Morgan fingerprint density at radius 2 is 1.92 bits per heavy atom. The van der Waals surface area contributed by atoms with Gasteiger partial charge in [-0.15, -0.1) is 0 Å². The van der Waals surface area contributed by atoms with Crippen molar-refractivity contribution in [2.45, 2.75) is 37.2 Å². The predicted molar refractivity (Wildman–Crippen MR) is 87.1 cm³/mol. The molecule has 10 heteroatoms. The van der Waals surface area contributed by atoms with Gasteiger partial charge in [-0.2, -0.15) is 0 Å². The van der Waals surface area contributed by atoms with Crippen molar-refractivity contribution >= 4 is 30.3 Å². The fourth-order valence-electron chi connectivity index (χ4n) is 2.68. The zero-order valence-electron chi connectivity index (χ0n) is 13.0. The molecular weight excluding hydrogens is 399 g/mol. The zero-order chi connectivity index (χ0) is 18.1. The van der Waals surface area contributed by atoms with Gasteiger partial charge in [-0.3, -0.25) is 0 Å². The summed E-state index contributed by atoms with van der Waals surface area (Å²) in [5, 5.41) is 41.4. The monoisotopic (exact) mass is 418 g/mol. The van der Waals surface area contributed by atoms with Crippen LogP contribution in [0.5, 0.6) is 0 Å². The third-order valence-corrected chi connectivity index (χ3v) is 6.28.